The van der Waals surface area contributed by atoms with E-state index in [2.05, 4.69) is 0 Å². The van der Waals surface area contributed by atoms with E-state index in [-0.39, 0.29) is 4.90 Å². The number of carbonyl (C=O) groups is 3. The molecule has 128 valence electrons. The number of aliphatic hydroxyl groups excluding tert-OH is 3. The predicted molar refractivity (Wildman–Crippen MR) is 66.7 cm³/mol. The molecular formula is C9H18N4O9. The van der Waals surface area contributed by atoms with Crippen LogP contribution < -0.4 is 17.2 Å². The van der Waals surface area contributed by atoms with E-state index in [1.54, 1.807) is 0 Å². The van der Waals surface area contributed by atoms with Gasteiger partial charge < -0.3 is 47.8 Å². The van der Waals surface area contributed by atoms with Crippen LogP contribution in [0, 0.1) is 0 Å². The number of rotatable bonds is 9. The highest BCUT2D eigenvalue weighted by molar-refractivity contribution is 5.74. The van der Waals surface area contributed by atoms with E-state index in [9.17, 15) is 29.7 Å². The number of nitrogens with two attached hydrogens (primary N) is 3. The molecule has 0 fully saturated rings. The zero-order chi connectivity index (χ0) is 17.8. The number of aliphatic carboxylic acids is 3. The highest BCUT2D eigenvalue weighted by Crippen LogP contribution is 2.12. The van der Waals surface area contributed by atoms with Gasteiger partial charge in [0.2, 0.25) is 0 Å². The first-order chi connectivity index (χ1) is 9.93. The molecule has 0 aromatic rings. The van der Waals surface area contributed by atoms with Crippen molar-refractivity contribution in [3.63, 3.8) is 0 Å². The zero-order valence-corrected chi connectivity index (χ0v) is 11.1. The Bertz CT molecular complexity index is 371. The third-order valence-corrected chi connectivity index (χ3v) is 2.76. The molecule has 0 aromatic carbocycles. The summed E-state index contributed by atoms with van der Waals surface area (Å²) in [5.74, 6) is -5.52. The van der Waals surface area contributed by atoms with Gasteiger partial charge in [0.25, 0.3) is 0 Å². The quantitative estimate of drug-likeness (QED) is 0.179. The van der Waals surface area contributed by atoms with Gasteiger partial charge in [-0.2, -0.15) is 0 Å². The summed E-state index contributed by atoms with van der Waals surface area (Å²) in [5, 5.41) is 54.1. The van der Waals surface area contributed by atoms with Gasteiger partial charge in [-0.3, -0.25) is 0 Å². The van der Waals surface area contributed by atoms with Crippen LogP contribution in [0.5, 0.6) is 0 Å². The topological polar surface area (TPSA) is 254 Å². The van der Waals surface area contributed by atoms with Crippen molar-refractivity contribution in [3.05, 3.63) is 0 Å². The number of carboxylic acid groups (broad SMARTS) is 3. The minimum absolute atomic E-state index is 0.288. The molecule has 6 unspecified atom stereocenters. The monoisotopic (exact) mass is 326 g/mol. The molecule has 0 rings (SSSR count). The summed E-state index contributed by atoms with van der Waals surface area (Å²) >= 11 is 0. The lowest BCUT2D eigenvalue weighted by atomic mass is 10.1. The molecule has 13 nitrogen and oxygen atoms in total. The van der Waals surface area contributed by atoms with Crippen LogP contribution in [0.15, 0.2) is 0 Å². The highest BCUT2D eigenvalue weighted by Gasteiger charge is 2.42. The van der Waals surface area contributed by atoms with E-state index in [4.69, 9.17) is 32.5 Å². The standard InChI is InChI=1S/C9H18N4O9/c10-4(1(14)7(17)18)13(5(11)2(15)8(19)20)6(12)3(16)9(21)22/h1-6,14-16H,10-12H2,(H,17,18)(H,19,20)(H,21,22). The van der Waals surface area contributed by atoms with Crippen molar-refractivity contribution in [2.45, 2.75) is 36.8 Å². The number of aliphatic hydroxyl groups is 3. The Kier molecular flexibility index (Phi) is 7.27. The van der Waals surface area contributed by atoms with Crippen LogP contribution in [0.2, 0.25) is 0 Å². The minimum atomic E-state index is -2.35. The lowest BCUT2D eigenvalue weighted by Crippen LogP contribution is -2.70. The van der Waals surface area contributed by atoms with Gasteiger partial charge in [0.05, 0.1) is 18.5 Å². The second-order valence-corrected chi connectivity index (χ2v) is 4.27. The first kappa shape index (κ1) is 20.1. The normalized spacial score (nSPS) is 19.8. The summed E-state index contributed by atoms with van der Waals surface area (Å²) in [7, 11) is 0. The fourth-order valence-corrected chi connectivity index (χ4v) is 1.52. The molecule has 0 bridgehead atoms. The van der Waals surface area contributed by atoms with Crippen LogP contribution in [0.4, 0.5) is 0 Å². The lowest BCUT2D eigenvalue weighted by molar-refractivity contribution is -0.164. The number of hydrogen-bond acceptors (Lipinski definition) is 10. The van der Waals surface area contributed by atoms with E-state index >= 15 is 0 Å². The van der Waals surface area contributed by atoms with E-state index in [0.29, 0.717) is 0 Å². The SMILES string of the molecule is NC(C(O)C(=O)O)N(C(N)C(O)C(=O)O)C(N)C(O)C(=O)O. The molecule has 0 spiro atoms. The third kappa shape index (κ3) is 4.57. The summed E-state index contributed by atoms with van der Waals surface area (Å²) < 4.78 is 0. The first-order valence-electron chi connectivity index (χ1n) is 5.70. The Morgan fingerprint density at radius 1 is 0.636 bits per heavy atom. The third-order valence-electron chi connectivity index (χ3n) is 2.76. The van der Waals surface area contributed by atoms with Crippen LogP contribution in [0.3, 0.4) is 0 Å². The van der Waals surface area contributed by atoms with Gasteiger partial charge >= 0.3 is 17.9 Å². The molecule has 12 N–H and O–H groups in total. The lowest BCUT2D eigenvalue weighted by Gasteiger charge is -2.40. The molecule has 0 heterocycles. The Morgan fingerprint density at radius 2 is 0.818 bits per heavy atom. The molecule has 0 saturated carbocycles. The summed E-state index contributed by atoms with van der Waals surface area (Å²) in [4.78, 5) is 32.4. The summed E-state index contributed by atoms with van der Waals surface area (Å²) in [6.45, 7) is 0. The molecular weight excluding hydrogens is 308 g/mol. The molecule has 0 saturated heterocycles. The average molecular weight is 326 g/mol. The van der Waals surface area contributed by atoms with Crippen LogP contribution in [0.1, 0.15) is 0 Å². The molecule has 0 radical (unpaired) electrons. The molecule has 0 amide bonds. The largest absolute Gasteiger partial charge is 0.479 e. The Morgan fingerprint density at radius 3 is 0.955 bits per heavy atom. The van der Waals surface area contributed by atoms with E-state index < -0.39 is 54.7 Å². The number of nitrogens with zero attached hydrogens (tertiary/aromatic N) is 1. The highest BCUT2D eigenvalue weighted by atomic mass is 16.4. The summed E-state index contributed by atoms with van der Waals surface area (Å²) in [6.07, 6.45) is -13.1. The maximum absolute atomic E-state index is 10.7. The molecule has 22 heavy (non-hydrogen) atoms. The first-order valence-corrected chi connectivity index (χ1v) is 5.70. The predicted octanol–water partition coefficient (Wildman–Crippen LogP) is -5.52. The Balaban J connectivity index is 5.61. The molecule has 0 aliphatic rings. The Hall–Kier alpha value is -1.87. The summed E-state index contributed by atoms with van der Waals surface area (Å²) in [5.41, 5.74) is 16.1. The second kappa shape index (κ2) is 7.95. The molecule has 0 aromatic heterocycles. The second-order valence-electron chi connectivity index (χ2n) is 4.27. The van der Waals surface area contributed by atoms with Crippen molar-refractivity contribution in [3.8, 4) is 0 Å². The van der Waals surface area contributed by atoms with E-state index in [1.165, 1.54) is 0 Å². The fraction of sp³-hybridized carbons (Fsp3) is 0.667. The van der Waals surface area contributed by atoms with Gasteiger partial charge in [-0.05, 0) is 0 Å². The minimum Gasteiger partial charge on any atom is -0.479 e. The van der Waals surface area contributed by atoms with Gasteiger partial charge in [0.15, 0.2) is 18.3 Å². The molecule has 0 aliphatic carbocycles. The van der Waals surface area contributed by atoms with Crippen molar-refractivity contribution in [2.24, 2.45) is 17.2 Å². The summed E-state index contributed by atoms with van der Waals surface area (Å²) in [6, 6.07) is 0. The number of hydrogen-bond donors (Lipinski definition) is 9. The van der Waals surface area contributed by atoms with Gasteiger partial charge in [-0.25, -0.2) is 19.3 Å². The number of carboxylic acids is 3. The van der Waals surface area contributed by atoms with Gasteiger partial charge in [-0.15, -0.1) is 0 Å². The molecule has 0 aliphatic heterocycles. The van der Waals surface area contributed by atoms with Crippen molar-refractivity contribution >= 4 is 17.9 Å². The van der Waals surface area contributed by atoms with Gasteiger partial charge in [0, 0.05) is 0 Å². The molecule has 13 heteroatoms. The van der Waals surface area contributed by atoms with Gasteiger partial charge in [0.1, 0.15) is 0 Å². The van der Waals surface area contributed by atoms with Crippen LogP contribution in [-0.2, 0) is 14.4 Å². The maximum atomic E-state index is 10.7. The van der Waals surface area contributed by atoms with Crippen molar-refractivity contribution < 1.29 is 45.0 Å². The van der Waals surface area contributed by atoms with Crippen molar-refractivity contribution in [2.75, 3.05) is 0 Å². The fourth-order valence-electron chi connectivity index (χ4n) is 1.52. The zero-order valence-electron chi connectivity index (χ0n) is 11.1. The van der Waals surface area contributed by atoms with E-state index in [1.807, 2.05) is 0 Å². The molecule has 6 atom stereocenters. The van der Waals surface area contributed by atoms with Crippen molar-refractivity contribution in [1.29, 1.82) is 0 Å². The average Bonchev–Trinajstić information content (AvgIpc) is 2.43. The van der Waals surface area contributed by atoms with Crippen LogP contribution in [-0.4, -0.2) is 90.3 Å². The van der Waals surface area contributed by atoms with E-state index in [0.717, 1.165) is 0 Å². The van der Waals surface area contributed by atoms with Crippen LogP contribution >= 0.6 is 0 Å². The maximum Gasteiger partial charge on any atom is 0.335 e. The van der Waals surface area contributed by atoms with Gasteiger partial charge in [-0.1, -0.05) is 0 Å². The van der Waals surface area contributed by atoms with Crippen molar-refractivity contribution in [1.82, 2.24) is 4.90 Å². The Labute approximate surface area is 123 Å². The smallest absolute Gasteiger partial charge is 0.335 e. The van der Waals surface area contributed by atoms with Crippen LogP contribution in [0.25, 0.3) is 0 Å².